The van der Waals surface area contributed by atoms with Gasteiger partial charge in [-0.05, 0) is 25.5 Å². The summed E-state index contributed by atoms with van der Waals surface area (Å²) in [5, 5.41) is 0. The molecule has 1 amide bonds. The molecule has 1 rings (SSSR count). The van der Waals surface area contributed by atoms with Crippen molar-refractivity contribution in [1.82, 2.24) is 9.88 Å². The largest absolute Gasteiger partial charge is 0.406 e. The van der Waals surface area contributed by atoms with Gasteiger partial charge >= 0.3 is 6.18 Å². The number of halogens is 3. The van der Waals surface area contributed by atoms with Crippen LogP contribution in [0.2, 0.25) is 0 Å². The molecule has 0 fully saturated rings. The number of nitrogens with zero attached hydrogens (tertiary/aromatic N) is 2. The number of nitrogens with two attached hydrogens (primary N) is 1. The molecule has 0 aliphatic carbocycles. The van der Waals surface area contributed by atoms with Crippen molar-refractivity contribution in [2.75, 3.05) is 32.0 Å². The summed E-state index contributed by atoms with van der Waals surface area (Å²) in [7, 11) is 0. The Labute approximate surface area is 120 Å². The van der Waals surface area contributed by atoms with Crippen LogP contribution in [0.5, 0.6) is 0 Å². The number of amides is 1. The number of pyridine rings is 1. The lowest BCUT2D eigenvalue weighted by molar-refractivity contribution is -0.141. The Balaban J connectivity index is 2.79. The van der Waals surface area contributed by atoms with Gasteiger partial charge in [0.15, 0.2) is 5.69 Å². The monoisotopic (exact) mass is 305 g/mol. The zero-order chi connectivity index (χ0) is 15.9. The van der Waals surface area contributed by atoms with E-state index in [1.165, 1.54) is 18.3 Å². The van der Waals surface area contributed by atoms with E-state index in [0.717, 1.165) is 0 Å². The Kier molecular flexibility index (Phi) is 6.41. The fourth-order valence-corrected chi connectivity index (χ4v) is 1.72. The first-order valence-electron chi connectivity index (χ1n) is 6.49. The van der Waals surface area contributed by atoms with E-state index in [-0.39, 0.29) is 24.5 Å². The standard InChI is InChI=1S/C13H18F3N3O2/c1-2-21-8-4-7-19(9-13(14,15)16)12(20)11-10(17)5-3-6-18-11/h3,5-6H,2,4,7-9,17H2,1H3. The molecular formula is C13H18F3N3O2. The molecule has 2 N–H and O–H groups in total. The molecule has 21 heavy (non-hydrogen) atoms. The van der Waals surface area contributed by atoms with Crippen molar-refractivity contribution in [2.24, 2.45) is 0 Å². The molecule has 0 radical (unpaired) electrons. The van der Waals surface area contributed by atoms with Crippen LogP contribution < -0.4 is 5.73 Å². The van der Waals surface area contributed by atoms with Gasteiger partial charge in [-0.25, -0.2) is 4.98 Å². The number of anilines is 1. The third-order valence-corrected chi connectivity index (χ3v) is 2.62. The molecule has 1 heterocycles. The molecule has 0 saturated carbocycles. The molecule has 0 bridgehead atoms. The van der Waals surface area contributed by atoms with Crippen molar-refractivity contribution < 1.29 is 22.7 Å². The van der Waals surface area contributed by atoms with Crippen LogP contribution in [0.3, 0.4) is 0 Å². The van der Waals surface area contributed by atoms with Crippen molar-refractivity contribution in [1.29, 1.82) is 0 Å². The SMILES string of the molecule is CCOCCCN(CC(F)(F)F)C(=O)c1ncccc1N. The molecule has 0 spiro atoms. The van der Waals surface area contributed by atoms with Crippen molar-refractivity contribution in [3.05, 3.63) is 24.0 Å². The predicted octanol–water partition coefficient (Wildman–Crippen LogP) is 2.09. The summed E-state index contributed by atoms with van der Waals surface area (Å²) in [5.41, 5.74) is 5.47. The van der Waals surface area contributed by atoms with Crippen LogP contribution in [-0.4, -0.2) is 48.3 Å². The number of nitrogen functional groups attached to an aromatic ring is 1. The summed E-state index contributed by atoms with van der Waals surface area (Å²) in [5.74, 6) is -0.832. The second-order valence-electron chi connectivity index (χ2n) is 4.33. The number of carbonyl (C=O) groups excluding carboxylic acids is 1. The maximum Gasteiger partial charge on any atom is 0.406 e. The van der Waals surface area contributed by atoms with Gasteiger partial charge in [0.25, 0.3) is 5.91 Å². The van der Waals surface area contributed by atoms with Crippen molar-refractivity contribution in [3.63, 3.8) is 0 Å². The van der Waals surface area contributed by atoms with E-state index in [2.05, 4.69) is 4.98 Å². The van der Waals surface area contributed by atoms with Crippen LogP contribution in [0, 0.1) is 0 Å². The first kappa shape index (κ1) is 17.2. The Morgan fingerprint density at radius 2 is 2.19 bits per heavy atom. The molecule has 0 aliphatic heterocycles. The zero-order valence-corrected chi connectivity index (χ0v) is 11.7. The quantitative estimate of drug-likeness (QED) is 0.783. The van der Waals surface area contributed by atoms with Gasteiger partial charge in [-0.15, -0.1) is 0 Å². The number of hydrogen-bond donors (Lipinski definition) is 1. The summed E-state index contributed by atoms with van der Waals surface area (Å²) in [4.78, 5) is 16.6. The molecule has 8 heteroatoms. The summed E-state index contributed by atoms with van der Waals surface area (Å²) in [6, 6.07) is 2.93. The molecule has 0 saturated heterocycles. The number of ether oxygens (including phenoxy) is 1. The highest BCUT2D eigenvalue weighted by atomic mass is 19.4. The highest BCUT2D eigenvalue weighted by Gasteiger charge is 2.33. The molecule has 0 unspecified atom stereocenters. The summed E-state index contributed by atoms with van der Waals surface area (Å²) in [6.07, 6.45) is -2.86. The minimum atomic E-state index is -4.48. The Hall–Kier alpha value is -1.83. The lowest BCUT2D eigenvalue weighted by atomic mass is 10.2. The molecule has 0 aromatic carbocycles. The van der Waals surface area contributed by atoms with Gasteiger partial charge in [0, 0.05) is 26.0 Å². The molecule has 0 aliphatic rings. The van der Waals surface area contributed by atoms with Crippen LogP contribution in [0.1, 0.15) is 23.8 Å². The first-order chi connectivity index (χ1) is 9.85. The lowest BCUT2D eigenvalue weighted by Crippen LogP contribution is -2.40. The molecule has 5 nitrogen and oxygen atoms in total. The van der Waals surface area contributed by atoms with E-state index in [9.17, 15) is 18.0 Å². The van der Waals surface area contributed by atoms with E-state index in [1.807, 2.05) is 0 Å². The zero-order valence-electron chi connectivity index (χ0n) is 11.7. The fourth-order valence-electron chi connectivity index (χ4n) is 1.72. The van der Waals surface area contributed by atoms with Crippen LogP contribution in [-0.2, 0) is 4.74 Å². The van der Waals surface area contributed by atoms with E-state index in [0.29, 0.717) is 17.9 Å². The Bertz CT molecular complexity index is 466. The topological polar surface area (TPSA) is 68.5 Å². The minimum Gasteiger partial charge on any atom is -0.397 e. The number of aromatic nitrogens is 1. The third kappa shape index (κ3) is 5.99. The van der Waals surface area contributed by atoms with Gasteiger partial charge < -0.3 is 15.4 Å². The van der Waals surface area contributed by atoms with E-state index in [1.54, 1.807) is 6.92 Å². The summed E-state index contributed by atoms with van der Waals surface area (Å²) in [6.45, 7) is 1.13. The van der Waals surface area contributed by atoms with Crippen LogP contribution >= 0.6 is 0 Å². The van der Waals surface area contributed by atoms with Gasteiger partial charge in [0.1, 0.15) is 6.54 Å². The highest BCUT2D eigenvalue weighted by molar-refractivity contribution is 5.97. The van der Waals surface area contributed by atoms with E-state index in [4.69, 9.17) is 10.5 Å². The normalized spacial score (nSPS) is 11.4. The van der Waals surface area contributed by atoms with Gasteiger partial charge in [-0.1, -0.05) is 0 Å². The fraction of sp³-hybridized carbons (Fsp3) is 0.538. The van der Waals surface area contributed by atoms with Gasteiger partial charge in [-0.3, -0.25) is 4.79 Å². The van der Waals surface area contributed by atoms with E-state index < -0.39 is 18.6 Å². The average Bonchev–Trinajstić information content (AvgIpc) is 2.41. The Morgan fingerprint density at radius 1 is 1.48 bits per heavy atom. The van der Waals surface area contributed by atoms with Crippen LogP contribution in [0.4, 0.5) is 18.9 Å². The molecule has 118 valence electrons. The average molecular weight is 305 g/mol. The number of alkyl halides is 3. The molecule has 1 aromatic rings. The molecule has 0 atom stereocenters. The van der Waals surface area contributed by atoms with Crippen LogP contribution in [0.25, 0.3) is 0 Å². The van der Waals surface area contributed by atoms with Crippen molar-refractivity contribution >= 4 is 11.6 Å². The van der Waals surface area contributed by atoms with E-state index >= 15 is 0 Å². The number of hydrogen-bond acceptors (Lipinski definition) is 4. The lowest BCUT2D eigenvalue weighted by Gasteiger charge is -2.24. The Morgan fingerprint density at radius 3 is 2.76 bits per heavy atom. The summed E-state index contributed by atoms with van der Waals surface area (Å²) < 4.78 is 42.8. The van der Waals surface area contributed by atoms with Crippen LogP contribution in [0.15, 0.2) is 18.3 Å². The van der Waals surface area contributed by atoms with Crippen molar-refractivity contribution in [2.45, 2.75) is 19.5 Å². The first-order valence-corrected chi connectivity index (χ1v) is 6.49. The van der Waals surface area contributed by atoms with Crippen molar-refractivity contribution in [3.8, 4) is 0 Å². The minimum absolute atomic E-state index is 0.0551. The van der Waals surface area contributed by atoms with Gasteiger partial charge in [0.05, 0.1) is 5.69 Å². The number of rotatable bonds is 7. The highest BCUT2D eigenvalue weighted by Crippen LogP contribution is 2.19. The molecular weight excluding hydrogens is 287 g/mol. The maximum atomic E-state index is 12.6. The summed E-state index contributed by atoms with van der Waals surface area (Å²) >= 11 is 0. The predicted molar refractivity (Wildman–Crippen MR) is 71.7 cm³/mol. The molecule has 1 aromatic heterocycles. The van der Waals surface area contributed by atoms with Gasteiger partial charge in [-0.2, -0.15) is 13.2 Å². The number of carbonyl (C=O) groups is 1. The second-order valence-corrected chi connectivity index (χ2v) is 4.33. The third-order valence-electron chi connectivity index (χ3n) is 2.62. The van der Waals surface area contributed by atoms with Gasteiger partial charge in [0.2, 0.25) is 0 Å². The smallest absolute Gasteiger partial charge is 0.397 e. The maximum absolute atomic E-state index is 12.6. The second kappa shape index (κ2) is 7.82.